The smallest absolute Gasteiger partial charge is 0.103 e. The molecule has 0 aliphatic heterocycles. The van der Waals surface area contributed by atoms with Crippen LogP contribution in [0.1, 0.15) is 25.5 Å². The Bertz CT molecular complexity index is 292. The Morgan fingerprint density at radius 1 is 1.57 bits per heavy atom. The minimum Gasteiger partial charge on any atom is -0.469 e. The molecule has 1 rings (SSSR count). The second-order valence-corrected chi connectivity index (χ2v) is 3.23. The van der Waals surface area contributed by atoms with E-state index in [1.54, 1.807) is 6.26 Å². The van der Waals surface area contributed by atoms with Crippen LogP contribution in [0.2, 0.25) is 0 Å². The maximum atomic E-state index is 5.27. The minimum absolute atomic E-state index is 0.465. The molecule has 1 aromatic rings. The molecule has 76 valence electrons. The van der Waals surface area contributed by atoms with Crippen molar-refractivity contribution in [2.24, 2.45) is 0 Å². The first kappa shape index (κ1) is 10.9. The summed E-state index contributed by atoms with van der Waals surface area (Å²) in [5.74, 6) is 7.05. The minimum atomic E-state index is 0.465. The zero-order chi connectivity index (χ0) is 10.2. The van der Waals surface area contributed by atoms with Gasteiger partial charge in [0.15, 0.2) is 0 Å². The van der Waals surface area contributed by atoms with Gasteiger partial charge in [0, 0.05) is 18.9 Å². The van der Waals surface area contributed by atoms with Crippen LogP contribution in [0, 0.1) is 11.8 Å². The first-order chi connectivity index (χ1) is 6.86. The molecule has 1 aromatic heterocycles. The Labute approximate surface area is 85.7 Å². The van der Waals surface area contributed by atoms with Crippen molar-refractivity contribution in [1.82, 2.24) is 5.32 Å². The van der Waals surface area contributed by atoms with Crippen LogP contribution < -0.4 is 5.32 Å². The lowest BCUT2D eigenvalue weighted by Crippen LogP contribution is -2.25. The van der Waals surface area contributed by atoms with Gasteiger partial charge < -0.3 is 9.73 Å². The topological polar surface area (TPSA) is 25.2 Å². The fourth-order valence-electron chi connectivity index (χ4n) is 1.35. The Kier molecular flexibility index (Phi) is 4.88. The lowest BCUT2D eigenvalue weighted by atomic mass is 10.1. The van der Waals surface area contributed by atoms with Gasteiger partial charge >= 0.3 is 0 Å². The van der Waals surface area contributed by atoms with E-state index >= 15 is 0 Å². The molecule has 0 amide bonds. The zero-order valence-electron chi connectivity index (χ0n) is 8.84. The molecule has 0 aliphatic rings. The summed E-state index contributed by atoms with van der Waals surface area (Å²) in [6.07, 6.45) is 4.67. The van der Waals surface area contributed by atoms with Crippen molar-refractivity contribution in [2.45, 2.75) is 32.2 Å². The first-order valence-corrected chi connectivity index (χ1v) is 4.96. The predicted octanol–water partition coefficient (Wildman–Crippen LogP) is 2.21. The molecule has 1 unspecified atom stereocenters. The highest BCUT2D eigenvalue weighted by Crippen LogP contribution is 2.07. The van der Waals surface area contributed by atoms with Gasteiger partial charge in [0.1, 0.15) is 5.76 Å². The SMILES string of the molecule is CC#CCC(CCc1ccco1)NC. The van der Waals surface area contributed by atoms with E-state index in [1.807, 2.05) is 26.1 Å². The Morgan fingerprint density at radius 3 is 3.00 bits per heavy atom. The molecular weight excluding hydrogens is 174 g/mol. The van der Waals surface area contributed by atoms with Crippen LogP contribution in [-0.2, 0) is 6.42 Å². The van der Waals surface area contributed by atoms with E-state index < -0.39 is 0 Å². The lowest BCUT2D eigenvalue weighted by Gasteiger charge is -2.11. The van der Waals surface area contributed by atoms with Crippen LogP contribution >= 0.6 is 0 Å². The van der Waals surface area contributed by atoms with E-state index in [-0.39, 0.29) is 0 Å². The van der Waals surface area contributed by atoms with Crippen molar-refractivity contribution in [2.75, 3.05) is 7.05 Å². The van der Waals surface area contributed by atoms with Gasteiger partial charge in [-0.1, -0.05) is 0 Å². The van der Waals surface area contributed by atoms with Crippen molar-refractivity contribution < 1.29 is 4.42 Å². The zero-order valence-corrected chi connectivity index (χ0v) is 8.84. The Balaban J connectivity index is 2.29. The number of rotatable bonds is 5. The third-order valence-electron chi connectivity index (χ3n) is 2.25. The quantitative estimate of drug-likeness (QED) is 0.722. The van der Waals surface area contributed by atoms with E-state index in [9.17, 15) is 0 Å². The summed E-state index contributed by atoms with van der Waals surface area (Å²) in [5.41, 5.74) is 0. The van der Waals surface area contributed by atoms with E-state index in [2.05, 4.69) is 17.2 Å². The van der Waals surface area contributed by atoms with Crippen molar-refractivity contribution in [1.29, 1.82) is 0 Å². The van der Waals surface area contributed by atoms with Crippen LogP contribution in [0.15, 0.2) is 22.8 Å². The van der Waals surface area contributed by atoms with Gasteiger partial charge in [-0.25, -0.2) is 0 Å². The molecule has 2 nitrogen and oxygen atoms in total. The third kappa shape index (κ3) is 3.68. The van der Waals surface area contributed by atoms with Crippen LogP contribution in [0.5, 0.6) is 0 Å². The lowest BCUT2D eigenvalue weighted by molar-refractivity contribution is 0.465. The molecule has 0 spiro atoms. The second-order valence-electron chi connectivity index (χ2n) is 3.23. The molecule has 0 saturated heterocycles. The second kappa shape index (κ2) is 6.28. The highest BCUT2D eigenvalue weighted by atomic mass is 16.3. The normalized spacial score (nSPS) is 11.9. The van der Waals surface area contributed by atoms with E-state index in [1.165, 1.54) is 0 Å². The van der Waals surface area contributed by atoms with Crippen molar-refractivity contribution in [3.8, 4) is 11.8 Å². The number of hydrogen-bond donors (Lipinski definition) is 1. The van der Waals surface area contributed by atoms with Crippen LogP contribution in [0.3, 0.4) is 0 Å². The largest absolute Gasteiger partial charge is 0.469 e. The van der Waals surface area contributed by atoms with Gasteiger partial charge in [-0.2, -0.15) is 0 Å². The standard InChI is InChI=1S/C12H17NO/c1-3-4-6-11(13-2)8-9-12-7-5-10-14-12/h5,7,10-11,13H,6,8-9H2,1-2H3. The van der Waals surface area contributed by atoms with E-state index in [4.69, 9.17) is 4.42 Å². The van der Waals surface area contributed by atoms with Gasteiger partial charge in [-0.05, 0) is 32.5 Å². The van der Waals surface area contributed by atoms with Crippen molar-refractivity contribution >= 4 is 0 Å². The van der Waals surface area contributed by atoms with Gasteiger partial charge in [-0.3, -0.25) is 0 Å². The highest BCUT2D eigenvalue weighted by molar-refractivity contribution is 5.01. The molecule has 0 bridgehead atoms. The fraction of sp³-hybridized carbons (Fsp3) is 0.500. The molecule has 1 atom stereocenters. The monoisotopic (exact) mass is 191 g/mol. The Hall–Kier alpha value is -1.20. The average Bonchev–Trinajstić information content (AvgIpc) is 2.71. The third-order valence-corrected chi connectivity index (χ3v) is 2.25. The number of nitrogens with one attached hydrogen (secondary N) is 1. The summed E-state index contributed by atoms with van der Waals surface area (Å²) in [7, 11) is 1.98. The summed E-state index contributed by atoms with van der Waals surface area (Å²) in [6, 6.07) is 4.40. The summed E-state index contributed by atoms with van der Waals surface area (Å²) in [6.45, 7) is 1.87. The van der Waals surface area contributed by atoms with E-state index in [0.29, 0.717) is 6.04 Å². The molecule has 1 N–H and O–H groups in total. The molecule has 2 heteroatoms. The van der Waals surface area contributed by atoms with Gasteiger partial charge in [-0.15, -0.1) is 11.8 Å². The molecule has 0 saturated carbocycles. The van der Waals surface area contributed by atoms with Gasteiger partial charge in [0.25, 0.3) is 0 Å². The molecule has 0 fully saturated rings. The molecule has 1 heterocycles. The summed E-state index contributed by atoms with van der Waals surface area (Å²) in [5, 5.41) is 3.26. The molecule has 0 aromatic carbocycles. The fourth-order valence-corrected chi connectivity index (χ4v) is 1.35. The molecule has 0 aliphatic carbocycles. The average molecular weight is 191 g/mol. The van der Waals surface area contributed by atoms with Crippen LogP contribution in [0.25, 0.3) is 0 Å². The first-order valence-electron chi connectivity index (χ1n) is 4.96. The van der Waals surface area contributed by atoms with E-state index in [0.717, 1.165) is 25.0 Å². The molecule has 0 radical (unpaired) electrons. The highest BCUT2D eigenvalue weighted by Gasteiger charge is 2.05. The van der Waals surface area contributed by atoms with Crippen molar-refractivity contribution in [3.05, 3.63) is 24.2 Å². The maximum Gasteiger partial charge on any atom is 0.103 e. The Morgan fingerprint density at radius 2 is 2.43 bits per heavy atom. The van der Waals surface area contributed by atoms with Gasteiger partial charge in [0.2, 0.25) is 0 Å². The summed E-state index contributed by atoms with van der Waals surface area (Å²) in [4.78, 5) is 0. The van der Waals surface area contributed by atoms with Crippen molar-refractivity contribution in [3.63, 3.8) is 0 Å². The van der Waals surface area contributed by atoms with Crippen LogP contribution in [0.4, 0.5) is 0 Å². The summed E-state index contributed by atoms with van der Waals surface area (Å²) < 4.78 is 5.27. The molecular formula is C12H17NO. The molecule has 14 heavy (non-hydrogen) atoms. The maximum absolute atomic E-state index is 5.27. The van der Waals surface area contributed by atoms with Gasteiger partial charge in [0.05, 0.1) is 6.26 Å². The predicted molar refractivity (Wildman–Crippen MR) is 57.9 cm³/mol. The number of furan rings is 1. The summed E-state index contributed by atoms with van der Waals surface area (Å²) >= 11 is 0. The van der Waals surface area contributed by atoms with Crippen LogP contribution in [-0.4, -0.2) is 13.1 Å². The number of aryl methyl sites for hydroxylation is 1. The number of hydrogen-bond acceptors (Lipinski definition) is 2.